The first-order chi connectivity index (χ1) is 40.7. The number of rotatable bonds is 14. The summed E-state index contributed by atoms with van der Waals surface area (Å²) in [4.78, 5) is 169. The first kappa shape index (κ1) is 79.0. The fraction of sp³-hybridized carbons (Fsp3) is 0.738. The molecule has 88 heavy (non-hydrogen) atoms. The average Bonchev–Trinajstić information content (AvgIpc) is 1.41. The number of carbonyl (C=O) groups excluding carboxylic acids is 11. The molecule has 1 aliphatic rings. The number of likely N-dealkylation sites (N-methyl/N-ethyl adjacent to an activating group) is 7. The number of nitrogens with one attached hydrogen (secondary N) is 4. The molecule has 0 bridgehead atoms. The van der Waals surface area contributed by atoms with Gasteiger partial charge in [0.1, 0.15) is 60.4 Å². The highest BCUT2D eigenvalue weighted by Gasteiger charge is 2.46. The smallest absolute Gasteiger partial charge is 0.246 e. The van der Waals surface area contributed by atoms with Crippen LogP contribution in [0, 0.1) is 65.1 Å². The van der Waals surface area contributed by atoms with E-state index in [0.717, 1.165) is 9.80 Å². The van der Waals surface area contributed by atoms with E-state index in [-0.39, 0.29) is 62.2 Å². The minimum Gasteiger partial charge on any atom is -0.390 e. The number of amides is 11. The van der Waals surface area contributed by atoms with Gasteiger partial charge < -0.3 is 60.7 Å². The highest BCUT2D eigenvalue weighted by molar-refractivity contribution is 5.99. The third-order valence-corrected chi connectivity index (χ3v) is 16.1. The van der Waals surface area contributed by atoms with E-state index in [4.69, 9.17) is 0 Å². The first-order valence-electron chi connectivity index (χ1n) is 31.0. The highest BCUT2D eigenvalue weighted by Crippen LogP contribution is 2.25. The van der Waals surface area contributed by atoms with Crippen LogP contribution in [0.4, 0.5) is 0 Å². The van der Waals surface area contributed by atoms with Crippen molar-refractivity contribution in [1.82, 2.24) is 55.6 Å². The Balaban J connectivity index is 4.37. The Hall–Kier alpha value is -7.01. The molecule has 23 nitrogen and oxygen atoms in total. The Labute approximate surface area is 525 Å². The predicted octanol–water partition coefficient (Wildman–Crippen LogP) is 2.89. The molecular weight excluding hydrogens is 1130 g/mol. The second kappa shape index (κ2) is 36.5. The Morgan fingerprint density at radius 3 is 1.39 bits per heavy atom. The van der Waals surface area contributed by atoms with Gasteiger partial charge in [-0.3, -0.25) is 52.7 Å². The molecule has 1 aliphatic heterocycles. The van der Waals surface area contributed by atoms with Gasteiger partial charge in [-0.05, 0) is 105 Å². The lowest BCUT2D eigenvalue weighted by Crippen LogP contribution is -2.63. The third-order valence-electron chi connectivity index (χ3n) is 16.1. The van der Waals surface area contributed by atoms with Gasteiger partial charge in [0.25, 0.3) is 0 Å². The molecule has 1 fully saturated rings. The standard InChI is InChI=1S/C65H109N11O12/c1-25-27-28-29-30-31-43(15)55(78)54-59(82)68-46(26-2)61(84)70(18)36-51(77)71(19)47(32-37(3)4)58(81)69-52(41(11)12)64(87)72(20)48(33-38(5)6)57(80)66-44(16)56(79)67-45(17)60(83)73(21)49(34-39(7)8)62(85)74(22)50(35-40(9)10)63(86)75(23)53(42(13)14)65(88)76(54)24/h25,37-50,52-55,78H,1,26,31-36H2,2-24H3,(H,66,80)(H,67,79)(H,68,82)(H,69,81)/t43-,44+,45-,46+,47+,48+,49+,50+,52+,53+,54+,55-/m1/s1. The van der Waals surface area contributed by atoms with Crippen molar-refractivity contribution in [2.75, 3.05) is 55.9 Å². The number of aliphatic hydroxyl groups excluding tert-OH is 1. The van der Waals surface area contributed by atoms with Crippen LogP contribution in [0.1, 0.15) is 149 Å². The second-order valence-corrected chi connectivity index (χ2v) is 26.3. The summed E-state index contributed by atoms with van der Waals surface area (Å²) in [6.07, 6.45) is 0.307. The van der Waals surface area contributed by atoms with Crippen LogP contribution < -0.4 is 21.3 Å². The van der Waals surface area contributed by atoms with Crippen molar-refractivity contribution in [3.8, 4) is 23.7 Å². The Morgan fingerprint density at radius 2 is 0.920 bits per heavy atom. The van der Waals surface area contributed by atoms with Crippen LogP contribution in [0.2, 0.25) is 0 Å². The molecule has 11 amide bonds. The third kappa shape index (κ3) is 22.5. The summed E-state index contributed by atoms with van der Waals surface area (Å²) in [6.45, 7) is 30.8. The summed E-state index contributed by atoms with van der Waals surface area (Å²) < 4.78 is 0. The molecule has 0 spiro atoms. The maximum Gasteiger partial charge on any atom is 0.246 e. The average molecular weight is 1240 g/mol. The van der Waals surface area contributed by atoms with Crippen molar-refractivity contribution in [1.29, 1.82) is 0 Å². The number of allylic oxidation sites excluding steroid dienone is 1. The number of carbonyl (C=O) groups is 11. The summed E-state index contributed by atoms with van der Waals surface area (Å²) in [5.74, 6) is 0.540. The second-order valence-electron chi connectivity index (χ2n) is 26.3. The molecule has 0 saturated carbocycles. The Bertz CT molecular complexity index is 2580. The van der Waals surface area contributed by atoms with Crippen LogP contribution >= 0.6 is 0 Å². The predicted molar refractivity (Wildman–Crippen MR) is 339 cm³/mol. The van der Waals surface area contributed by atoms with Gasteiger partial charge in [-0.2, -0.15) is 0 Å². The normalized spacial score (nSPS) is 25.9. The van der Waals surface area contributed by atoms with Gasteiger partial charge in [0, 0.05) is 55.8 Å². The zero-order valence-electron chi connectivity index (χ0n) is 57.2. The quantitative estimate of drug-likeness (QED) is 0.157. The minimum atomic E-state index is -1.70. The Kier molecular flexibility index (Phi) is 32.7. The maximum atomic E-state index is 15.2. The zero-order chi connectivity index (χ0) is 68.1. The van der Waals surface area contributed by atoms with Crippen LogP contribution in [-0.4, -0.2) is 227 Å². The molecule has 0 aromatic carbocycles. The minimum absolute atomic E-state index is 0.00999. The molecule has 496 valence electrons. The zero-order valence-corrected chi connectivity index (χ0v) is 57.2. The van der Waals surface area contributed by atoms with Gasteiger partial charge in [-0.1, -0.05) is 115 Å². The van der Waals surface area contributed by atoms with Crippen LogP contribution in [0.3, 0.4) is 0 Å². The number of hydrogen-bond donors (Lipinski definition) is 5. The molecular formula is C65H109N11O12. The summed E-state index contributed by atoms with van der Waals surface area (Å²) in [5, 5.41) is 23.1. The molecule has 0 aromatic heterocycles. The lowest BCUT2D eigenvalue weighted by Gasteiger charge is -2.41. The lowest BCUT2D eigenvalue weighted by atomic mass is 9.91. The van der Waals surface area contributed by atoms with Crippen LogP contribution in [0.5, 0.6) is 0 Å². The molecule has 0 radical (unpaired) electrons. The van der Waals surface area contributed by atoms with E-state index < -0.39 is 156 Å². The largest absolute Gasteiger partial charge is 0.390 e. The molecule has 1 saturated heterocycles. The van der Waals surface area contributed by atoms with E-state index in [1.807, 2.05) is 55.4 Å². The molecule has 12 atom stereocenters. The maximum absolute atomic E-state index is 15.2. The molecule has 1 rings (SSSR count). The van der Waals surface area contributed by atoms with Gasteiger partial charge in [-0.25, -0.2) is 0 Å². The summed E-state index contributed by atoms with van der Waals surface area (Å²) in [7, 11) is 9.80. The molecule has 0 unspecified atom stereocenters. The summed E-state index contributed by atoms with van der Waals surface area (Å²) >= 11 is 0. The monoisotopic (exact) mass is 1240 g/mol. The van der Waals surface area contributed by atoms with Gasteiger partial charge in [0.15, 0.2) is 0 Å². The van der Waals surface area contributed by atoms with E-state index >= 15 is 9.59 Å². The fourth-order valence-corrected chi connectivity index (χ4v) is 10.7. The SMILES string of the molecule is C=CC#CC#CC[C@@H](C)[C@@H](O)[C@H]1C(=O)N[C@@H](CC)C(=O)N(C)CC(=O)N(C)[C@@H](CC(C)C)C(=O)N[C@@H](C(C)C)C(=O)N(C)[C@@H](CC(C)C)C(=O)N[C@@H](C)C(=O)N[C@H](C)C(=O)N(C)[C@@H](CC(C)C)C(=O)N(C)[C@@H](CC(C)C)C(=O)N(C)[C@@H](C(C)C)C(=O)N1C. The van der Waals surface area contributed by atoms with Crippen molar-refractivity contribution >= 4 is 65.0 Å². The van der Waals surface area contributed by atoms with Gasteiger partial charge >= 0.3 is 0 Å². The number of aliphatic hydroxyl groups is 1. The highest BCUT2D eigenvalue weighted by atomic mass is 16.3. The van der Waals surface area contributed by atoms with Crippen molar-refractivity contribution in [2.45, 2.75) is 216 Å². The number of hydrogen-bond acceptors (Lipinski definition) is 12. The topological polar surface area (TPSA) is 279 Å². The molecule has 23 heteroatoms. The summed E-state index contributed by atoms with van der Waals surface area (Å²) in [6, 6.07) is -12.6. The van der Waals surface area contributed by atoms with Crippen molar-refractivity contribution < 1.29 is 57.8 Å². The molecule has 5 N–H and O–H groups in total. The summed E-state index contributed by atoms with van der Waals surface area (Å²) in [5.41, 5.74) is 0. The van der Waals surface area contributed by atoms with E-state index in [9.17, 15) is 48.3 Å². The van der Waals surface area contributed by atoms with E-state index in [0.29, 0.717) is 0 Å². The molecule has 0 aliphatic carbocycles. The number of nitrogens with zero attached hydrogens (tertiary/aromatic N) is 7. The van der Waals surface area contributed by atoms with E-state index in [1.54, 1.807) is 41.5 Å². The Morgan fingerprint density at radius 1 is 0.489 bits per heavy atom. The van der Waals surface area contributed by atoms with Crippen molar-refractivity contribution in [3.63, 3.8) is 0 Å². The van der Waals surface area contributed by atoms with Gasteiger partial charge in [0.2, 0.25) is 65.0 Å². The van der Waals surface area contributed by atoms with E-state index in [2.05, 4.69) is 51.5 Å². The first-order valence-corrected chi connectivity index (χ1v) is 31.0. The van der Waals surface area contributed by atoms with Gasteiger partial charge in [-0.15, -0.1) is 0 Å². The fourth-order valence-electron chi connectivity index (χ4n) is 10.7. The molecule has 0 aromatic rings. The van der Waals surface area contributed by atoms with Crippen LogP contribution in [0.15, 0.2) is 12.7 Å². The van der Waals surface area contributed by atoms with Crippen LogP contribution in [0.25, 0.3) is 0 Å². The van der Waals surface area contributed by atoms with Crippen molar-refractivity contribution in [3.05, 3.63) is 12.7 Å². The van der Waals surface area contributed by atoms with Crippen molar-refractivity contribution in [2.24, 2.45) is 41.4 Å². The molecule has 1 heterocycles. The van der Waals surface area contributed by atoms with Gasteiger partial charge in [0.05, 0.1) is 12.6 Å². The van der Waals surface area contributed by atoms with Crippen LogP contribution in [-0.2, 0) is 52.7 Å². The lowest BCUT2D eigenvalue weighted by molar-refractivity contribution is -0.157. The van der Waals surface area contributed by atoms with E-state index in [1.165, 1.54) is 93.8 Å².